The number of amides is 2. The lowest BCUT2D eigenvalue weighted by Crippen LogP contribution is -2.42. The molecule has 0 spiro atoms. The Bertz CT molecular complexity index is 1090. The molecular formula is C24H26FN3OS. The van der Waals surface area contributed by atoms with Gasteiger partial charge in [-0.05, 0) is 67.5 Å². The predicted octanol–water partition coefficient (Wildman–Crippen LogP) is 5.58. The van der Waals surface area contributed by atoms with Gasteiger partial charge in [0.15, 0.2) is 0 Å². The first-order chi connectivity index (χ1) is 14.7. The van der Waals surface area contributed by atoms with Gasteiger partial charge in [-0.25, -0.2) is 9.18 Å². The van der Waals surface area contributed by atoms with Crippen LogP contribution in [-0.2, 0) is 19.4 Å². The number of hydrogen-bond acceptors (Lipinski definition) is 2. The van der Waals surface area contributed by atoms with Crippen LogP contribution in [0.25, 0.3) is 5.00 Å². The van der Waals surface area contributed by atoms with Gasteiger partial charge in [0, 0.05) is 23.2 Å². The second kappa shape index (κ2) is 7.91. The molecule has 3 aromatic rings. The van der Waals surface area contributed by atoms with Crippen molar-refractivity contribution in [2.75, 3.05) is 6.54 Å². The number of aryl methyl sites for hydroxylation is 1. The molecule has 0 fully saturated rings. The van der Waals surface area contributed by atoms with Gasteiger partial charge in [0.05, 0.1) is 18.3 Å². The molecule has 1 aliphatic carbocycles. The van der Waals surface area contributed by atoms with E-state index in [1.807, 2.05) is 35.3 Å². The number of carbonyl (C=O) groups is 1. The summed E-state index contributed by atoms with van der Waals surface area (Å²) in [6, 6.07) is 10.3. The highest BCUT2D eigenvalue weighted by molar-refractivity contribution is 7.15. The quantitative estimate of drug-likeness (QED) is 0.587. The monoisotopic (exact) mass is 423 g/mol. The minimum absolute atomic E-state index is 0.0949. The molecule has 0 bridgehead atoms. The summed E-state index contributed by atoms with van der Waals surface area (Å²) in [5.41, 5.74) is 4.49. The summed E-state index contributed by atoms with van der Waals surface area (Å²) in [4.78, 5) is 16.7. The zero-order valence-electron chi connectivity index (χ0n) is 17.2. The van der Waals surface area contributed by atoms with E-state index in [1.54, 1.807) is 12.1 Å². The lowest BCUT2D eigenvalue weighted by Gasteiger charge is -2.31. The van der Waals surface area contributed by atoms with Crippen molar-refractivity contribution < 1.29 is 9.18 Å². The molecule has 2 aliphatic rings. The van der Waals surface area contributed by atoms with Gasteiger partial charge < -0.3 is 14.8 Å². The Labute approximate surface area is 180 Å². The average molecular weight is 424 g/mol. The van der Waals surface area contributed by atoms with Crippen LogP contribution in [0.1, 0.15) is 59.5 Å². The smallest absolute Gasteiger partial charge is 0.318 e. The number of aromatic nitrogens is 1. The van der Waals surface area contributed by atoms with Gasteiger partial charge in [-0.15, -0.1) is 11.3 Å². The SMILES string of the molecule is CCCNC(=O)N1Cc2c(sc3c2CCCC3)-n2cccc2[C@H]1c1cccc(F)c1. The molecular weight excluding hydrogens is 397 g/mol. The van der Waals surface area contributed by atoms with E-state index in [0.29, 0.717) is 13.1 Å². The number of carbonyl (C=O) groups excluding carboxylic acids is 1. The molecule has 156 valence electrons. The Morgan fingerprint density at radius 2 is 2.07 bits per heavy atom. The van der Waals surface area contributed by atoms with Crippen molar-refractivity contribution in [3.63, 3.8) is 0 Å². The zero-order valence-corrected chi connectivity index (χ0v) is 18.0. The van der Waals surface area contributed by atoms with Crippen molar-refractivity contribution >= 4 is 17.4 Å². The fourth-order valence-corrected chi connectivity index (χ4v) is 6.15. The summed E-state index contributed by atoms with van der Waals surface area (Å²) in [6.07, 6.45) is 7.59. The highest BCUT2D eigenvalue weighted by atomic mass is 32.1. The van der Waals surface area contributed by atoms with Crippen LogP contribution < -0.4 is 5.32 Å². The third-order valence-corrected chi connectivity index (χ3v) is 7.46. The van der Waals surface area contributed by atoms with Crippen LogP contribution in [-0.4, -0.2) is 22.0 Å². The first-order valence-corrected chi connectivity index (χ1v) is 11.6. The zero-order chi connectivity index (χ0) is 20.7. The minimum Gasteiger partial charge on any atom is -0.338 e. The van der Waals surface area contributed by atoms with Crippen LogP contribution in [0.5, 0.6) is 0 Å². The number of hydrogen-bond donors (Lipinski definition) is 1. The van der Waals surface area contributed by atoms with Crippen molar-refractivity contribution in [2.24, 2.45) is 0 Å². The Hall–Kier alpha value is -2.60. The summed E-state index contributed by atoms with van der Waals surface area (Å²) in [5, 5.41) is 4.27. The fourth-order valence-electron chi connectivity index (χ4n) is 4.75. The van der Waals surface area contributed by atoms with Crippen LogP contribution in [0.4, 0.5) is 9.18 Å². The molecule has 0 saturated carbocycles. The van der Waals surface area contributed by atoms with E-state index in [-0.39, 0.29) is 17.9 Å². The van der Waals surface area contributed by atoms with E-state index in [2.05, 4.69) is 22.1 Å². The van der Waals surface area contributed by atoms with E-state index >= 15 is 0 Å². The van der Waals surface area contributed by atoms with Gasteiger partial charge in [-0.2, -0.15) is 0 Å². The molecule has 4 nitrogen and oxygen atoms in total. The van der Waals surface area contributed by atoms with E-state index in [4.69, 9.17) is 0 Å². The van der Waals surface area contributed by atoms with Crippen molar-refractivity contribution in [1.82, 2.24) is 14.8 Å². The number of benzene rings is 1. The van der Waals surface area contributed by atoms with Crippen molar-refractivity contribution in [3.05, 3.63) is 75.7 Å². The maximum absolute atomic E-state index is 14.2. The highest BCUT2D eigenvalue weighted by Gasteiger charge is 2.36. The molecule has 1 aromatic carbocycles. The number of nitrogens with one attached hydrogen (secondary N) is 1. The largest absolute Gasteiger partial charge is 0.338 e. The minimum atomic E-state index is -0.341. The van der Waals surface area contributed by atoms with E-state index in [1.165, 1.54) is 39.9 Å². The van der Waals surface area contributed by atoms with E-state index < -0.39 is 0 Å². The summed E-state index contributed by atoms with van der Waals surface area (Å²) >= 11 is 1.86. The normalized spacial score (nSPS) is 17.7. The van der Waals surface area contributed by atoms with Crippen LogP contribution in [0.3, 0.4) is 0 Å². The topological polar surface area (TPSA) is 37.3 Å². The Morgan fingerprint density at radius 3 is 2.90 bits per heavy atom. The number of rotatable bonds is 3. The molecule has 1 atom stereocenters. The van der Waals surface area contributed by atoms with Crippen molar-refractivity contribution in [1.29, 1.82) is 0 Å². The van der Waals surface area contributed by atoms with E-state index in [0.717, 1.165) is 30.5 Å². The fraction of sp³-hybridized carbons (Fsp3) is 0.375. The number of urea groups is 1. The Balaban J connectivity index is 1.69. The van der Waals surface area contributed by atoms with Gasteiger partial charge in [-0.3, -0.25) is 0 Å². The maximum atomic E-state index is 14.2. The van der Waals surface area contributed by atoms with Crippen LogP contribution in [0.15, 0.2) is 42.6 Å². The van der Waals surface area contributed by atoms with Gasteiger partial charge in [0.1, 0.15) is 10.8 Å². The van der Waals surface area contributed by atoms with Gasteiger partial charge in [0.2, 0.25) is 0 Å². The third kappa shape index (κ3) is 3.23. The van der Waals surface area contributed by atoms with Gasteiger partial charge in [-0.1, -0.05) is 19.1 Å². The summed E-state index contributed by atoms with van der Waals surface area (Å²) in [7, 11) is 0. The summed E-state index contributed by atoms with van der Waals surface area (Å²) in [6.45, 7) is 3.21. The first-order valence-electron chi connectivity index (χ1n) is 10.8. The van der Waals surface area contributed by atoms with Crippen LogP contribution >= 0.6 is 11.3 Å². The lowest BCUT2D eigenvalue weighted by atomic mass is 9.95. The number of halogens is 1. The summed E-state index contributed by atoms with van der Waals surface area (Å²) in [5.74, 6) is -0.282. The molecule has 6 heteroatoms. The molecule has 2 aromatic heterocycles. The Kier molecular flexibility index (Phi) is 5.11. The highest BCUT2D eigenvalue weighted by Crippen LogP contribution is 2.44. The third-order valence-electron chi connectivity index (χ3n) is 6.13. The van der Waals surface area contributed by atoms with Crippen LogP contribution in [0, 0.1) is 5.82 Å². The first kappa shape index (κ1) is 19.4. The number of nitrogens with zero attached hydrogens (tertiary/aromatic N) is 2. The van der Waals surface area contributed by atoms with E-state index in [9.17, 15) is 9.18 Å². The Morgan fingerprint density at radius 1 is 1.20 bits per heavy atom. The second-order valence-corrected chi connectivity index (χ2v) is 9.20. The molecule has 0 radical (unpaired) electrons. The molecule has 1 aliphatic heterocycles. The van der Waals surface area contributed by atoms with Gasteiger partial charge in [0.25, 0.3) is 0 Å². The van der Waals surface area contributed by atoms with Crippen molar-refractivity contribution in [3.8, 4) is 5.00 Å². The molecule has 1 N–H and O–H groups in total. The maximum Gasteiger partial charge on any atom is 0.318 e. The molecule has 30 heavy (non-hydrogen) atoms. The standard InChI is InChI=1S/C24H26FN3OS/c1-2-12-26-24(29)28-15-19-18-9-3-4-11-21(18)30-23(19)27-13-6-10-20(27)22(28)16-7-5-8-17(25)14-16/h5-8,10,13-14,22H,2-4,9,11-12,15H2,1H3,(H,26,29)/t22-/m1/s1. The lowest BCUT2D eigenvalue weighted by molar-refractivity contribution is 0.180. The van der Waals surface area contributed by atoms with Gasteiger partial charge >= 0.3 is 6.03 Å². The molecule has 5 rings (SSSR count). The number of fused-ring (bicyclic) bond motifs is 5. The van der Waals surface area contributed by atoms with Crippen molar-refractivity contribution in [2.45, 2.75) is 51.6 Å². The predicted molar refractivity (Wildman–Crippen MR) is 118 cm³/mol. The second-order valence-electron chi connectivity index (χ2n) is 8.12. The molecule has 3 heterocycles. The summed E-state index contributed by atoms with van der Waals surface area (Å²) < 4.78 is 16.4. The molecule has 0 saturated heterocycles. The van der Waals surface area contributed by atoms with Crippen LogP contribution in [0.2, 0.25) is 0 Å². The number of thiophene rings is 1. The molecule has 2 amide bonds. The average Bonchev–Trinajstić information content (AvgIpc) is 3.34. The molecule has 0 unspecified atom stereocenters.